The standard InChI is InChI=1S/C15H24N2O/c1-4-7-13(5-2)17-15(18)12-8-10-14(11-9-12)16-6-3/h8-11,13,16H,4-7H2,1-3H3,(H,17,18). The second kappa shape index (κ2) is 7.75. The van der Waals surface area contributed by atoms with Crippen molar-refractivity contribution in [2.75, 3.05) is 11.9 Å². The number of hydrogen-bond donors (Lipinski definition) is 2. The van der Waals surface area contributed by atoms with Gasteiger partial charge in [-0.2, -0.15) is 0 Å². The quantitative estimate of drug-likeness (QED) is 0.776. The molecule has 18 heavy (non-hydrogen) atoms. The molecule has 100 valence electrons. The van der Waals surface area contributed by atoms with Crippen molar-refractivity contribution in [2.45, 2.75) is 46.1 Å². The molecule has 2 N–H and O–H groups in total. The Bertz CT molecular complexity index is 359. The number of benzene rings is 1. The lowest BCUT2D eigenvalue weighted by molar-refractivity contribution is 0.0934. The summed E-state index contributed by atoms with van der Waals surface area (Å²) >= 11 is 0. The summed E-state index contributed by atoms with van der Waals surface area (Å²) in [6.45, 7) is 7.19. The average molecular weight is 248 g/mol. The normalized spacial score (nSPS) is 11.9. The minimum atomic E-state index is 0.0262. The third-order valence-electron chi connectivity index (χ3n) is 2.99. The van der Waals surface area contributed by atoms with E-state index in [2.05, 4.69) is 31.4 Å². The Morgan fingerprint density at radius 1 is 1.17 bits per heavy atom. The number of anilines is 1. The highest BCUT2D eigenvalue weighted by molar-refractivity contribution is 5.94. The van der Waals surface area contributed by atoms with E-state index in [1.165, 1.54) is 0 Å². The van der Waals surface area contributed by atoms with Crippen LogP contribution in [0.25, 0.3) is 0 Å². The van der Waals surface area contributed by atoms with Crippen LogP contribution >= 0.6 is 0 Å². The van der Waals surface area contributed by atoms with E-state index in [-0.39, 0.29) is 11.9 Å². The molecule has 0 aliphatic carbocycles. The molecule has 1 unspecified atom stereocenters. The second-order valence-electron chi connectivity index (χ2n) is 4.47. The van der Waals surface area contributed by atoms with Gasteiger partial charge in [-0.05, 0) is 44.0 Å². The summed E-state index contributed by atoms with van der Waals surface area (Å²) in [6.07, 6.45) is 3.12. The molecule has 0 bridgehead atoms. The summed E-state index contributed by atoms with van der Waals surface area (Å²) in [5.74, 6) is 0.0262. The van der Waals surface area contributed by atoms with Crippen molar-refractivity contribution in [1.29, 1.82) is 0 Å². The fourth-order valence-corrected chi connectivity index (χ4v) is 1.94. The summed E-state index contributed by atoms with van der Waals surface area (Å²) < 4.78 is 0. The largest absolute Gasteiger partial charge is 0.385 e. The Balaban J connectivity index is 2.60. The van der Waals surface area contributed by atoms with Crippen LogP contribution in [-0.4, -0.2) is 18.5 Å². The molecule has 1 atom stereocenters. The molecule has 0 aliphatic rings. The van der Waals surface area contributed by atoms with Gasteiger partial charge >= 0.3 is 0 Å². The van der Waals surface area contributed by atoms with Crippen LogP contribution < -0.4 is 10.6 Å². The van der Waals surface area contributed by atoms with Gasteiger partial charge in [-0.25, -0.2) is 0 Å². The van der Waals surface area contributed by atoms with Gasteiger partial charge in [0.1, 0.15) is 0 Å². The van der Waals surface area contributed by atoms with E-state index < -0.39 is 0 Å². The van der Waals surface area contributed by atoms with Gasteiger partial charge in [-0.15, -0.1) is 0 Å². The van der Waals surface area contributed by atoms with Gasteiger partial charge < -0.3 is 10.6 Å². The molecule has 3 nitrogen and oxygen atoms in total. The lowest BCUT2D eigenvalue weighted by Crippen LogP contribution is -2.34. The van der Waals surface area contributed by atoms with E-state index in [0.717, 1.165) is 37.1 Å². The maximum atomic E-state index is 12.0. The van der Waals surface area contributed by atoms with Crippen LogP contribution in [-0.2, 0) is 0 Å². The molecule has 1 rings (SSSR count). The van der Waals surface area contributed by atoms with Gasteiger partial charge in [0, 0.05) is 23.8 Å². The third-order valence-corrected chi connectivity index (χ3v) is 2.99. The molecular weight excluding hydrogens is 224 g/mol. The van der Waals surface area contributed by atoms with Crippen molar-refractivity contribution in [1.82, 2.24) is 5.32 Å². The van der Waals surface area contributed by atoms with Crippen LogP contribution in [0, 0.1) is 0 Å². The number of hydrogen-bond acceptors (Lipinski definition) is 2. The highest BCUT2D eigenvalue weighted by Gasteiger charge is 2.10. The Kier molecular flexibility index (Phi) is 6.26. The molecule has 1 aromatic rings. The summed E-state index contributed by atoms with van der Waals surface area (Å²) in [4.78, 5) is 12.0. The minimum Gasteiger partial charge on any atom is -0.385 e. The first-order valence-corrected chi connectivity index (χ1v) is 6.86. The first kappa shape index (κ1) is 14.6. The molecule has 1 aromatic carbocycles. The Morgan fingerprint density at radius 2 is 1.83 bits per heavy atom. The molecule has 0 spiro atoms. The number of amides is 1. The number of carbonyl (C=O) groups is 1. The Hall–Kier alpha value is -1.51. The van der Waals surface area contributed by atoms with Gasteiger partial charge in [0.15, 0.2) is 0 Å². The number of rotatable bonds is 7. The fraction of sp³-hybridized carbons (Fsp3) is 0.533. The van der Waals surface area contributed by atoms with E-state index in [1.54, 1.807) is 0 Å². The molecular formula is C15H24N2O. The SMILES string of the molecule is CCCC(CC)NC(=O)c1ccc(NCC)cc1. The molecule has 0 heterocycles. The molecule has 0 fully saturated rings. The lowest BCUT2D eigenvalue weighted by atomic mass is 10.1. The van der Waals surface area contributed by atoms with Crippen molar-refractivity contribution >= 4 is 11.6 Å². The first-order chi connectivity index (χ1) is 8.71. The zero-order valence-corrected chi connectivity index (χ0v) is 11.6. The second-order valence-corrected chi connectivity index (χ2v) is 4.47. The average Bonchev–Trinajstić information content (AvgIpc) is 2.39. The predicted molar refractivity (Wildman–Crippen MR) is 77.1 cm³/mol. The third kappa shape index (κ3) is 4.40. The molecule has 1 amide bonds. The van der Waals surface area contributed by atoms with Crippen molar-refractivity contribution in [2.24, 2.45) is 0 Å². The van der Waals surface area contributed by atoms with Crippen LogP contribution in [0.15, 0.2) is 24.3 Å². The summed E-state index contributed by atoms with van der Waals surface area (Å²) in [5, 5.41) is 6.29. The first-order valence-electron chi connectivity index (χ1n) is 6.86. The monoisotopic (exact) mass is 248 g/mol. The molecule has 0 saturated carbocycles. The van der Waals surface area contributed by atoms with Crippen molar-refractivity contribution < 1.29 is 4.79 Å². The van der Waals surface area contributed by atoms with Gasteiger partial charge in [0.2, 0.25) is 0 Å². The molecule has 0 radical (unpaired) electrons. The van der Waals surface area contributed by atoms with Gasteiger partial charge in [-0.1, -0.05) is 20.3 Å². The maximum Gasteiger partial charge on any atom is 0.251 e. The predicted octanol–water partition coefficient (Wildman–Crippen LogP) is 3.43. The zero-order chi connectivity index (χ0) is 13.4. The van der Waals surface area contributed by atoms with Gasteiger partial charge in [0.05, 0.1) is 0 Å². The highest BCUT2D eigenvalue weighted by Crippen LogP contribution is 2.10. The van der Waals surface area contributed by atoms with Gasteiger partial charge in [0.25, 0.3) is 5.91 Å². The molecule has 0 aliphatic heterocycles. The fourth-order valence-electron chi connectivity index (χ4n) is 1.94. The van der Waals surface area contributed by atoms with Crippen molar-refractivity contribution in [3.05, 3.63) is 29.8 Å². The van der Waals surface area contributed by atoms with E-state index in [0.29, 0.717) is 0 Å². The molecule has 3 heteroatoms. The highest BCUT2D eigenvalue weighted by atomic mass is 16.1. The van der Waals surface area contributed by atoms with Crippen LogP contribution in [0.4, 0.5) is 5.69 Å². The van der Waals surface area contributed by atoms with Crippen LogP contribution in [0.1, 0.15) is 50.4 Å². The van der Waals surface area contributed by atoms with Crippen LogP contribution in [0.2, 0.25) is 0 Å². The van der Waals surface area contributed by atoms with Crippen LogP contribution in [0.3, 0.4) is 0 Å². The molecule has 0 saturated heterocycles. The Morgan fingerprint density at radius 3 is 2.33 bits per heavy atom. The van der Waals surface area contributed by atoms with Crippen molar-refractivity contribution in [3.63, 3.8) is 0 Å². The van der Waals surface area contributed by atoms with E-state index >= 15 is 0 Å². The lowest BCUT2D eigenvalue weighted by Gasteiger charge is -2.16. The van der Waals surface area contributed by atoms with E-state index in [4.69, 9.17) is 0 Å². The Labute approximate surface area is 110 Å². The summed E-state index contributed by atoms with van der Waals surface area (Å²) in [5.41, 5.74) is 1.78. The number of carbonyl (C=O) groups excluding carboxylic acids is 1. The smallest absolute Gasteiger partial charge is 0.251 e. The summed E-state index contributed by atoms with van der Waals surface area (Å²) in [6, 6.07) is 7.91. The topological polar surface area (TPSA) is 41.1 Å². The van der Waals surface area contributed by atoms with Gasteiger partial charge in [-0.3, -0.25) is 4.79 Å². The van der Waals surface area contributed by atoms with Crippen LogP contribution in [0.5, 0.6) is 0 Å². The van der Waals surface area contributed by atoms with Crippen molar-refractivity contribution in [3.8, 4) is 0 Å². The summed E-state index contributed by atoms with van der Waals surface area (Å²) in [7, 11) is 0. The number of nitrogens with one attached hydrogen (secondary N) is 2. The maximum absolute atomic E-state index is 12.0. The zero-order valence-electron chi connectivity index (χ0n) is 11.6. The minimum absolute atomic E-state index is 0.0262. The van der Waals surface area contributed by atoms with E-state index in [1.807, 2.05) is 24.3 Å². The van der Waals surface area contributed by atoms with E-state index in [9.17, 15) is 4.79 Å². The molecule has 0 aromatic heterocycles.